The van der Waals surface area contributed by atoms with Crippen LogP contribution in [-0.2, 0) is 6.54 Å². The van der Waals surface area contributed by atoms with Gasteiger partial charge in [0, 0.05) is 18.7 Å². The average Bonchev–Trinajstić information content (AvgIpc) is 2.16. The molecule has 0 bridgehead atoms. The molecule has 1 rings (SSSR count). The molecule has 84 valence electrons. The third-order valence-corrected chi connectivity index (χ3v) is 1.88. The molecule has 3 nitrogen and oxygen atoms in total. The van der Waals surface area contributed by atoms with E-state index in [1.165, 1.54) is 12.1 Å². The van der Waals surface area contributed by atoms with Crippen molar-refractivity contribution in [3.63, 3.8) is 0 Å². The maximum Gasteiger partial charge on any atom is 0.124 e. The normalized spacial score (nSPS) is 10.7. The highest BCUT2D eigenvalue weighted by Gasteiger charge is 2.06. The van der Waals surface area contributed by atoms with Crippen LogP contribution >= 0.6 is 0 Å². The van der Waals surface area contributed by atoms with Crippen molar-refractivity contribution in [1.29, 1.82) is 0 Å². The van der Waals surface area contributed by atoms with Crippen LogP contribution in [0.5, 0.6) is 5.75 Å². The Bertz CT molecular complexity index is 315. The fourth-order valence-electron chi connectivity index (χ4n) is 1.32. The number of rotatable bonds is 5. The van der Waals surface area contributed by atoms with Gasteiger partial charge < -0.3 is 15.4 Å². The topological polar surface area (TPSA) is 38.5 Å². The van der Waals surface area contributed by atoms with Gasteiger partial charge in [-0.1, -0.05) is 0 Å². The summed E-state index contributed by atoms with van der Waals surface area (Å²) in [5.41, 5.74) is 6.19. The second kappa shape index (κ2) is 5.68. The first-order chi connectivity index (χ1) is 7.13. The van der Waals surface area contributed by atoms with Crippen molar-refractivity contribution < 1.29 is 9.13 Å². The van der Waals surface area contributed by atoms with Crippen LogP contribution in [0, 0.1) is 5.82 Å². The summed E-state index contributed by atoms with van der Waals surface area (Å²) in [5.74, 6) is 0.461. The summed E-state index contributed by atoms with van der Waals surface area (Å²) in [7, 11) is 3.86. The molecule has 0 spiro atoms. The lowest BCUT2D eigenvalue weighted by Gasteiger charge is -2.14. The van der Waals surface area contributed by atoms with Gasteiger partial charge in [-0.05, 0) is 32.3 Å². The van der Waals surface area contributed by atoms with Gasteiger partial charge in [0.05, 0.1) is 0 Å². The molecule has 0 aromatic heterocycles. The molecule has 0 aliphatic carbocycles. The Hall–Kier alpha value is -1.13. The minimum Gasteiger partial charge on any atom is -0.492 e. The van der Waals surface area contributed by atoms with Crippen LogP contribution in [0.25, 0.3) is 0 Å². The molecule has 4 heteroatoms. The van der Waals surface area contributed by atoms with Gasteiger partial charge in [-0.25, -0.2) is 4.39 Å². The average molecular weight is 212 g/mol. The highest BCUT2D eigenvalue weighted by Crippen LogP contribution is 2.20. The van der Waals surface area contributed by atoms with E-state index in [-0.39, 0.29) is 5.82 Å². The van der Waals surface area contributed by atoms with E-state index >= 15 is 0 Å². The van der Waals surface area contributed by atoms with Gasteiger partial charge in [0.1, 0.15) is 18.2 Å². The van der Waals surface area contributed by atoms with E-state index in [1.807, 2.05) is 19.0 Å². The van der Waals surface area contributed by atoms with Crippen molar-refractivity contribution in [3.05, 3.63) is 29.6 Å². The fourth-order valence-corrected chi connectivity index (χ4v) is 1.32. The highest BCUT2D eigenvalue weighted by molar-refractivity contribution is 5.33. The number of hydrogen-bond donors (Lipinski definition) is 1. The lowest BCUT2D eigenvalue weighted by molar-refractivity contribution is 0.314. The smallest absolute Gasteiger partial charge is 0.124 e. The van der Waals surface area contributed by atoms with Crippen molar-refractivity contribution in [3.8, 4) is 5.75 Å². The zero-order valence-corrected chi connectivity index (χ0v) is 9.16. The molecule has 0 unspecified atom stereocenters. The summed E-state index contributed by atoms with van der Waals surface area (Å²) in [6.45, 7) is 1.56. The Kier molecular flexibility index (Phi) is 4.52. The molecular weight excluding hydrogens is 195 g/mol. The molecule has 1 aromatic carbocycles. The maximum absolute atomic E-state index is 13.0. The quantitative estimate of drug-likeness (QED) is 0.797. The molecule has 2 N–H and O–H groups in total. The molecule has 0 amide bonds. The standard InChI is InChI=1S/C11H17FN2O/c1-14(2)8-9-7-10(12)3-4-11(9)15-6-5-13/h3-4,7H,5-6,8,13H2,1-2H3. The first-order valence-electron chi connectivity index (χ1n) is 4.89. The van der Waals surface area contributed by atoms with Crippen molar-refractivity contribution in [2.75, 3.05) is 27.2 Å². The molecule has 0 fully saturated rings. The number of nitrogens with two attached hydrogens (primary N) is 1. The summed E-state index contributed by atoms with van der Waals surface area (Å²) in [6.07, 6.45) is 0. The van der Waals surface area contributed by atoms with E-state index in [9.17, 15) is 4.39 Å². The van der Waals surface area contributed by atoms with E-state index in [4.69, 9.17) is 10.5 Å². The molecule has 0 aliphatic heterocycles. The maximum atomic E-state index is 13.0. The second-order valence-corrected chi connectivity index (χ2v) is 3.63. The zero-order valence-electron chi connectivity index (χ0n) is 9.16. The summed E-state index contributed by atoms with van der Waals surface area (Å²) in [6, 6.07) is 4.53. The number of nitrogens with zero attached hydrogens (tertiary/aromatic N) is 1. The van der Waals surface area contributed by atoms with Crippen LogP contribution in [0.3, 0.4) is 0 Å². The highest BCUT2D eigenvalue weighted by atomic mass is 19.1. The second-order valence-electron chi connectivity index (χ2n) is 3.63. The Morgan fingerprint density at radius 1 is 1.40 bits per heavy atom. The first kappa shape index (κ1) is 11.9. The first-order valence-corrected chi connectivity index (χ1v) is 4.89. The van der Waals surface area contributed by atoms with Gasteiger partial charge in [0.2, 0.25) is 0 Å². The van der Waals surface area contributed by atoms with Gasteiger partial charge in [-0.15, -0.1) is 0 Å². The van der Waals surface area contributed by atoms with Crippen LogP contribution in [-0.4, -0.2) is 32.1 Å². The molecule has 0 aliphatic rings. The van der Waals surface area contributed by atoms with Crippen molar-refractivity contribution in [2.45, 2.75) is 6.54 Å². The van der Waals surface area contributed by atoms with Crippen molar-refractivity contribution in [1.82, 2.24) is 4.90 Å². The number of benzene rings is 1. The van der Waals surface area contributed by atoms with Gasteiger partial charge >= 0.3 is 0 Å². The predicted molar refractivity (Wildman–Crippen MR) is 58.3 cm³/mol. The van der Waals surface area contributed by atoms with Crippen LogP contribution in [0.4, 0.5) is 4.39 Å². The Labute approximate surface area is 89.6 Å². The number of ether oxygens (including phenoxy) is 1. The van der Waals surface area contributed by atoms with Crippen LogP contribution < -0.4 is 10.5 Å². The lowest BCUT2D eigenvalue weighted by atomic mass is 10.2. The summed E-state index contributed by atoms with van der Waals surface area (Å²) in [5, 5.41) is 0. The van der Waals surface area contributed by atoms with Gasteiger partial charge in [0.25, 0.3) is 0 Å². The molecule has 0 radical (unpaired) electrons. The SMILES string of the molecule is CN(C)Cc1cc(F)ccc1OCCN. The van der Waals surface area contributed by atoms with Crippen LogP contribution in [0.1, 0.15) is 5.56 Å². The van der Waals surface area contributed by atoms with Crippen LogP contribution in [0.15, 0.2) is 18.2 Å². The minimum atomic E-state index is -0.244. The van der Waals surface area contributed by atoms with E-state index < -0.39 is 0 Å². The summed E-state index contributed by atoms with van der Waals surface area (Å²) < 4.78 is 18.4. The fraction of sp³-hybridized carbons (Fsp3) is 0.455. The third kappa shape index (κ3) is 3.85. The van der Waals surface area contributed by atoms with Crippen LogP contribution in [0.2, 0.25) is 0 Å². The number of hydrogen-bond acceptors (Lipinski definition) is 3. The molecule has 0 atom stereocenters. The van der Waals surface area contributed by atoms with Gasteiger partial charge in [-0.3, -0.25) is 0 Å². The molecule has 15 heavy (non-hydrogen) atoms. The molecule has 0 heterocycles. The molecular formula is C11H17FN2O. The predicted octanol–water partition coefficient (Wildman–Crippen LogP) is 1.22. The monoisotopic (exact) mass is 212 g/mol. The van der Waals surface area contributed by atoms with Gasteiger partial charge in [-0.2, -0.15) is 0 Å². The van der Waals surface area contributed by atoms with E-state index in [2.05, 4.69) is 0 Å². The Morgan fingerprint density at radius 3 is 2.73 bits per heavy atom. The molecule has 0 saturated heterocycles. The zero-order chi connectivity index (χ0) is 11.3. The Balaban J connectivity index is 2.82. The molecule has 1 aromatic rings. The van der Waals surface area contributed by atoms with E-state index in [0.29, 0.717) is 25.4 Å². The lowest BCUT2D eigenvalue weighted by Crippen LogP contribution is -2.15. The largest absolute Gasteiger partial charge is 0.492 e. The summed E-state index contributed by atoms with van der Waals surface area (Å²) in [4.78, 5) is 1.96. The minimum absolute atomic E-state index is 0.244. The van der Waals surface area contributed by atoms with Crippen molar-refractivity contribution in [2.24, 2.45) is 5.73 Å². The van der Waals surface area contributed by atoms with Crippen molar-refractivity contribution >= 4 is 0 Å². The van der Waals surface area contributed by atoms with E-state index in [0.717, 1.165) is 5.56 Å². The van der Waals surface area contributed by atoms with Gasteiger partial charge in [0.15, 0.2) is 0 Å². The Morgan fingerprint density at radius 2 is 2.13 bits per heavy atom. The van der Waals surface area contributed by atoms with E-state index in [1.54, 1.807) is 6.07 Å². The third-order valence-electron chi connectivity index (χ3n) is 1.88. The summed E-state index contributed by atoms with van der Waals surface area (Å²) >= 11 is 0. The number of halogens is 1. The molecule has 0 saturated carbocycles.